The summed E-state index contributed by atoms with van der Waals surface area (Å²) in [5.74, 6) is 2.37. The van der Waals surface area contributed by atoms with E-state index in [1.54, 1.807) is 12.1 Å². The molecule has 5 nitrogen and oxygen atoms in total. The topological polar surface area (TPSA) is 53.4 Å². The molecule has 1 aromatic carbocycles. The lowest BCUT2D eigenvalue weighted by Gasteiger charge is -2.28. The number of anilines is 2. The Kier molecular flexibility index (Phi) is 5.76. The van der Waals surface area contributed by atoms with Crippen LogP contribution >= 0.6 is 23.2 Å². The van der Waals surface area contributed by atoms with Crippen molar-refractivity contribution in [2.45, 2.75) is 33.1 Å². The number of hydrogen-bond acceptors (Lipinski definition) is 5. The summed E-state index contributed by atoms with van der Waals surface area (Å²) >= 11 is 12.0. The quantitative estimate of drug-likeness (QED) is 0.606. The average Bonchev–Trinajstić information content (AvgIpc) is 2.62. The number of aryl methyl sites for hydroxylation is 1. The SMILES string of the molecule is CC(=NNc1cc(N2CCCCC2)nc(C)n1)c1ccc(Cl)c(Cl)c1. The van der Waals surface area contributed by atoms with Crippen molar-refractivity contribution < 1.29 is 0 Å². The molecule has 3 rings (SSSR count). The zero-order chi connectivity index (χ0) is 17.8. The Hall–Kier alpha value is -1.85. The van der Waals surface area contributed by atoms with Gasteiger partial charge in [0.25, 0.3) is 0 Å². The first-order chi connectivity index (χ1) is 12.0. The highest BCUT2D eigenvalue weighted by Crippen LogP contribution is 2.23. The van der Waals surface area contributed by atoms with E-state index in [0.29, 0.717) is 15.9 Å². The molecule has 1 aliphatic heterocycles. The lowest BCUT2D eigenvalue weighted by Crippen LogP contribution is -2.30. The van der Waals surface area contributed by atoms with Crippen LogP contribution in [0.15, 0.2) is 29.4 Å². The Balaban J connectivity index is 1.77. The zero-order valence-corrected chi connectivity index (χ0v) is 15.9. The maximum atomic E-state index is 6.07. The van der Waals surface area contributed by atoms with Gasteiger partial charge in [0.05, 0.1) is 15.8 Å². The molecule has 1 saturated heterocycles. The first-order valence-corrected chi connectivity index (χ1v) is 9.15. The van der Waals surface area contributed by atoms with Gasteiger partial charge in [0, 0.05) is 19.2 Å². The number of piperidine rings is 1. The Morgan fingerprint density at radius 3 is 2.56 bits per heavy atom. The highest BCUT2D eigenvalue weighted by atomic mass is 35.5. The third-order valence-electron chi connectivity index (χ3n) is 4.18. The monoisotopic (exact) mass is 377 g/mol. The van der Waals surface area contributed by atoms with Crippen LogP contribution in [-0.2, 0) is 0 Å². The minimum Gasteiger partial charge on any atom is -0.356 e. The van der Waals surface area contributed by atoms with Gasteiger partial charge in [0.1, 0.15) is 11.6 Å². The number of hydrazone groups is 1. The summed E-state index contributed by atoms with van der Waals surface area (Å²) in [7, 11) is 0. The molecule has 7 heteroatoms. The molecule has 0 amide bonds. The van der Waals surface area contributed by atoms with Crippen LogP contribution in [0.5, 0.6) is 0 Å². The number of benzene rings is 1. The fourth-order valence-corrected chi connectivity index (χ4v) is 3.12. The van der Waals surface area contributed by atoms with Crippen LogP contribution in [0.1, 0.15) is 37.6 Å². The maximum Gasteiger partial charge on any atom is 0.152 e. The molecule has 132 valence electrons. The lowest BCUT2D eigenvalue weighted by molar-refractivity contribution is 0.572. The molecular weight excluding hydrogens is 357 g/mol. The van der Waals surface area contributed by atoms with Crippen LogP contribution in [0.4, 0.5) is 11.6 Å². The molecule has 0 unspecified atom stereocenters. The molecule has 1 aromatic heterocycles. The second-order valence-electron chi connectivity index (χ2n) is 6.14. The molecule has 2 heterocycles. The standard InChI is InChI=1S/C18H21Cl2N5/c1-12(14-6-7-15(19)16(20)10-14)23-24-17-11-18(22-13(2)21-17)25-8-4-3-5-9-25/h6-7,10-11H,3-5,8-9H2,1-2H3,(H,21,22,24). The third kappa shape index (κ3) is 4.61. The van der Waals surface area contributed by atoms with E-state index in [1.807, 2.05) is 26.0 Å². The maximum absolute atomic E-state index is 6.07. The number of nitrogens with one attached hydrogen (secondary N) is 1. The van der Waals surface area contributed by atoms with E-state index in [0.717, 1.165) is 36.0 Å². The molecule has 1 N–H and O–H groups in total. The van der Waals surface area contributed by atoms with E-state index in [2.05, 4.69) is 25.4 Å². The summed E-state index contributed by atoms with van der Waals surface area (Å²) in [6.45, 7) is 5.89. The normalized spacial score (nSPS) is 15.4. The Labute approximate surface area is 158 Å². The number of rotatable bonds is 4. The summed E-state index contributed by atoms with van der Waals surface area (Å²) in [6.07, 6.45) is 3.71. The summed E-state index contributed by atoms with van der Waals surface area (Å²) in [4.78, 5) is 11.3. The van der Waals surface area contributed by atoms with Crippen LogP contribution in [0.2, 0.25) is 10.0 Å². The van der Waals surface area contributed by atoms with Crippen molar-refractivity contribution >= 4 is 40.5 Å². The van der Waals surface area contributed by atoms with Gasteiger partial charge in [0.15, 0.2) is 5.82 Å². The second-order valence-corrected chi connectivity index (χ2v) is 6.96. The Bertz CT molecular complexity index is 785. The third-order valence-corrected chi connectivity index (χ3v) is 4.92. The van der Waals surface area contributed by atoms with Crippen molar-refractivity contribution in [2.24, 2.45) is 5.10 Å². The molecular formula is C18H21Cl2N5. The van der Waals surface area contributed by atoms with Gasteiger partial charge in [-0.05, 0) is 50.8 Å². The predicted molar refractivity (Wildman–Crippen MR) is 105 cm³/mol. The van der Waals surface area contributed by atoms with Gasteiger partial charge in [-0.15, -0.1) is 0 Å². The molecule has 1 aliphatic rings. The van der Waals surface area contributed by atoms with E-state index in [-0.39, 0.29) is 0 Å². The van der Waals surface area contributed by atoms with Gasteiger partial charge in [-0.3, -0.25) is 5.43 Å². The van der Waals surface area contributed by atoms with E-state index < -0.39 is 0 Å². The highest BCUT2D eigenvalue weighted by Gasteiger charge is 2.13. The minimum absolute atomic E-state index is 0.513. The fraction of sp³-hybridized carbons (Fsp3) is 0.389. The fourth-order valence-electron chi connectivity index (χ4n) is 2.82. The number of aromatic nitrogens is 2. The van der Waals surface area contributed by atoms with Gasteiger partial charge in [0.2, 0.25) is 0 Å². The zero-order valence-electron chi connectivity index (χ0n) is 14.4. The van der Waals surface area contributed by atoms with Crippen LogP contribution in [-0.4, -0.2) is 28.8 Å². The van der Waals surface area contributed by atoms with Crippen molar-refractivity contribution in [3.05, 3.63) is 45.7 Å². The van der Waals surface area contributed by atoms with E-state index in [9.17, 15) is 0 Å². The Morgan fingerprint density at radius 1 is 1.08 bits per heavy atom. The molecule has 0 aliphatic carbocycles. The van der Waals surface area contributed by atoms with Gasteiger partial charge in [-0.2, -0.15) is 5.10 Å². The lowest BCUT2D eigenvalue weighted by atomic mass is 10.1. The van der Waals surface area contributed by atoms with Crippen molar-refractivity contribution in [1.29, 1.82) is 0 Å². The summed E-state index contributed by atoms with van der Waals surface area (Å²) in [6, 6.07) is 7.40. The van der Waals surface area contributed by atoms with Crippen LogP contribution in [0, 0.1) is 6.92 Å². The van der Waals surface area contributed by atoms with Crippen molar-refractivity contribution in [3.63, 3.8) is 0 Å². The van der Waals surface area contributed by atoms with Gasteiger partial charge >= 0.3 is 0 Å². The smallest absolute Gasteiger partial charge is 0.152 e. The van der Waals surface area contributed by atoms with Crippen molar-refractivity contribution in [3.8, 4) is 0 Å². The molecule has 1 fully saturated rings. The molecule has 0 radical (unpaired) electrons. The van der Waals surface area contributed by atoms with Gasteiger partial charge in [-0.25, -0.2) is 9.97 Å². The summed E-state index contributed by atoms with van der Waals surface area (Å²) in [5.41, 5.74) is 4.74. The second kappa shape index (κ2) is 8.02. The molecule has 0 atom stereocenters. The largest absolute Gasteiger partial charge is 0.356 e. The average molecular weight is 378 g/mol. The van der Waals surface area contributed by atoms with Gasteiger partial charge in [-0.1, -0.05) is 29.3 Å². The van der Waals surface area contributed by atoms with Crippen LogP contribution in [0.3, 0.4) is 0 Å². The Morgan fingerprint density at radius 2 is 1.84 bits per heavy atom. The van der Waals surface area contributed by atoms with E-state index >= 15 is 0 Å². The minimum atomic E-state index is 0.513. The summed E-state index contributed by atoms with van der Waals surface area (Å²) < 4.78 is 0. The molecule has 0 spiro atoms. The number of hydrogen-bond donors (Lipinski definition) is 1. The molecule has 0 bridgehead atoms. The van der Waals surface area contributed by atoms with Crippen LogP contribution < -0.4 is 10.3 Å². The summed E-state index contributed by atoms with van der Waals surface area (Å²) in [5, 5.41) is 5.46. The first kappa shape index (κ1) is 18.0. The number of nitrogens with zero attached hydrogens (tertiary/aromatic N) is 4. The highest BCUT2D eigenvalue weighted by molar-refractivity contribution is 6.42. The predicted octanol–water partition coefficient (Wildman–Crippen LogP) is 4.92. The van der Waals surface area contributed by atoms with E-state index in [1.165, 1.54) is 19.3 Å². The molecule has 25 heavy (non-hydrogen) atoms. The molecule has 2 aromatic rings. The molecule has 0 saturated carbocycles. The first-order valence-electron chi connectivity index (χ1n) is 8.39. The van der Waals surface area contributed by atoms with Crippen LogP contribution in [0.25, 0.3) is 0 Å². The van der Waals surface area contributed by atoms with E-state index in [4.69, 9.17) is 23.2 Å². The van der Waals surface area contributed by atoms with Gasteiger partial charge < -0.3 is 4.90 Å². The van der Waals surface area contributed by atoms with Crippen molar-refractivity contribution in [1.82, 2.24) is 9.97 Å². The van der Waals surface area contributed by atoms with Crippen molar-refractivity contribution in [2.75, 3.05) is 23.4 Å². The number of halogens is 2.